The zero-order valence-electron chi connectivity index (χ0n) is 11.8. The molecule has 0 aromatic heterocycles. The average molecular weight is 305 g/mol. The third-order valence-corrected chi connectivity index (χ3v) is 4.04. The highest BCUT2D eigenvalue weighted by Gasteiger charge is 2.54. The number of amides is 1. The van der Waals surface area contributed by atoms with Crippen LogP contribution in [-0.4, -0.2) is 58.8 Å². The zero-order chi connectivity index (χ0) is 15.4. The fraction of sp³-hybridized carbons (Fsp3) is 0.750. The molecule has 0 aromatic rings. The molecule has 114 valence electrons. The number of nitrogens with one attached hydrogen (secondary N) is 1. The minimum Gasteiger partial charge on any atom is -0.457 e. The lowest BCUT2D eigenvalue weighted by molar-refractivity contribution is -0.163. The van der Waals surface area contributed by atoms with Gasteiger partial charge in [-0.25, -0.2) is 0 Å². The van der Waals surface area contributed by atoms with Crippen molar-refractivity contribution in [3.63, 3.8) is 0 Å². The summed E-state index contributed by atoms with van der Waals surface area (Å²) in [5.41, 5.74) is 0. The van der Waals surface area contributed by atoms with Crippen molar-refractivity contribution >= 4 is 29.6 Å². The molecule has 8 heteroatoms. The largest absolute Gasteiger partial charge is 0.457 e. The second-order valence-electron chi connectivity index (χ2n) is 4.57. The van der Waals surface area contributed by atoms with Gasteiger partial charge in [0, 0.05) is 20.8 Å². The molecule has 1 fully saturated rings. The van der Waals surface area contributed by atoms with E-state index in [-0.39, 0.29) is 5.91 Å². The molecule has 0 radical (unpaired) electrons. The highest BCUT2D eigenvalue weighted by Crippen LogP contribution is 2.34. The average Bonchev–Trinajstić information content (AvgIpc) is 2.52. The molecule has 0 heterocycles. The second-order valence-corrected chi connectivity index (χ2v) is 5.58. The van der Waals surface area contributed by atoms with Crippen LogP contribution in [0.5, 0.6) is 0 Å². The number of carbonyl (C=O) groups excluding carboxylic acids is 3. The van der Waals surface area contributed by atoms with Gasteiger partial charge in [-0.2, -0.15) is 11.8 Å². The van der Waals surface area contributed by atoms with Crippen molar-refractivity contribution in [1.82, 2.24) is 5.32 Å². The fourth-order valence-electron chi connectivity index (χ4n) is 2.32. The minimum absolute atomic E-state index is 0.366. The van der Waals surface area contributed by atoms with Gasteiger partial charge in [-0.3, -0.25) is 14.4 Å². The summed E-state index contributed by atoms with van der Waals surface area (Å²) in [6.45, 7) is 3.75. The quantitative estimate of drug-likeness (QED) is 0.673. The van der Waals surface area contributed by atoms with Gasteiger partial charge in [0.25, 0.3) is 0 Å². The van der Waals surface area contributed by atoms with Crippen LogP contribution in [0.4, 0.5) is 0 Å². The fourth-order valence-corrected chi connectivity index (χ4v) is 3.24. The Hall–Kier alpha value is -1.28. The smallest absolute Gasteiger partial charge is 0.303 e. The molecule has 1 rings (SSSR count). The first kappa shape index (κ1) is 16.8. The number of rotatable bonds is 4. The molecule has 0 bridgehead atoms. The molecular formula is C12H19NO6S. The van der Waals surface area contributed by atoms with Crippen LogP contribution in [0.15, 0.2) is 0 Å². The number of aliphatic hydroxyl groups excluding tert-OH is 1. The Balaban J connectivity index is 3.04. The van der Waals surface area contributed by atoms with E-state index in [0.717, 1.165) is 0 Å². The van der Waals surface area contributed by atoms with Crippen molar-refractivity contribution in [3.8, 4) is 0 Å². The molecule has 0 spiro atoms. The Bertz CT molecular complexity index is 401. The van der Waals surface area contributed by atoms with E-state index in [4.69, 9.17) is 9.47 Å². The Morgan fingerprint density at radius 3 is 1.95 bits per heavy atom. The van der Waals surface area contributed by atoms with Gasteiger partial charge in [-0.05, 0) is 6.26 Å². The lowest BCUT2D eigenvalue weighted by Gasteiger charge is -2.25. The van der Waals surface area contributed by atoms with Crippen LogP contribution in [0.1, 0.15) is 20.8 Å². The van der Waals surface area contributed by atoms with Crippen molar-refractivity contribution < 1.29 is 29.0 Å². The lowest BCUT2D eigenvalue weighted by Crippen LogP contribution is -2.49. The molecule has 0 saturated heterocycles. The van der Waals surface area contributed by atoms with Crippen molar-refractivity contribution in [2.75, 3.05) is 6.26 Å². The molecule has 20 heavy (non-hydrogen) atoms. The maximum absolute atomic E-state index is 11.2. The second kappa shape index (κ2) is 6.94. The summed E-state index contributed by atoms with van der Waals surface area (Å²) in [5.74, 6) is -1.48. The van der Waals surface area contributed by atoms with E-state index < -0.39 is 41.5 Å². The van der Waals surface area contributed by atoms with Gasteiger partial charge in [-0.1, -0.05) is 0 Å². The Kier molecular flexibility index (Phi) is 5.82. The van der Waals surface area contributed by atoms with Crippen LogP contribution in [0, 0.1) is 0 Å². The van der Waals surface area contributed by atoms with Gasteiger partial charge < -0.3 is 19.9 Å². The van der Waals surface area contributed by atoms with Crippen molar-refractivity contribution in [2.45, 2.75) is 50.4 Å². The van der Waals surface area contributed by atoms with Crippen LogP contribution in [0.2, 0.25) is 0 Å². The van der Waals surface area contributed by atoms with Crippen LogP contribution in [-0.2, 0) is 23.9 Å². The standard InChI is InChI=1S/C12H19NO6S/c1-5(14)13-8-9(17)12(20-4)11(19-7(3)16)10(8)18-6(2)15/h8-12,17H,1-4H3,(H,13,14)/t8-,9+,10-,11-,12-/m0/s1. The molecular weight excluding hydrogens is 286 g/mol. The van der Waals surface area contributed by atoms with Gasteiger partial charge in [0.2, 0.25) is 5.91 Å². The molecule has 7 nitrogen and oxygen atoms in total. The van der Waals surface area contributed by atoms with Crippen LogP contribution >= 0.6 is 11.8 Å². The van der Waals surface area contributed by atoms with E-state index >= 15 is 0 Å². The molecule has 1 aliphatic rings. The normalized spacial score (nSPS) is 32.5. The minimum atomic E-state index is -0.984. The molecule has 0 aromatic carbocycles. The van der Waals surface area contributed by atoms with Crippen molar-refractivity contribution in [3.05, 3.63) is 0 Å². The van der Waals surface area contributed by atoms with Crippen molar-refractivity contribution in [1.29, 1.82) is 0 Å². The summed E-state index contributed by atoms with van der Waals surface area (Å²) in [4.78, 5) is 33.6. The van der Waals surface area contributed by atoms with E-state index in [2.05, 4.69) is 5.32 Å². The van der Waals surface area contributed by atoms with Gasteiger partial charge in [0.1, 0.15) is 0 Å². The first-order valence-electron chi connectivity index (χ1n) is 6.10. The van der Waals surface area contributed by atoms with Crippen LogP contribution in [0.25, 0.3) is 0 Å². The number of hydrogen-bond acceptors (Lipinski definition) is 7. The Labute approximate surface area is 121 Å². The third-order valence-electron chi connectivity index (χ3n) is 2.95. The third kappa shape index (κ3) is 3.86. The van der Waals surface area contributed by atoms with Crippen molar-refractivity contribution in [2.24, 2.45) is 0 Å². The Morgan fingerprint density at radius 1 is 1.05 bits per heavy atom. The maximum atomic E-state index is 11.2. The Morgan fingerprint density at radius 2 is 1.55 bits per heavy atom. The zero-order valence-corrected chi connectivity index (χ0v) is 12.6. The number of hydrogen-bond donors (Lipinski definition) is 2. The summed E-state index contributed by atoms with van der Waals surface area (Å²) < 4.78 is 10.3. The molecule has 5 atom stereocenters. The summed E-state index contributed by atoms with van der Waals surface area (Å²) in [7, 11) is 0. The molecule has 1 saturated carbocycles. The molecule has 1 aliphatic carbocycles. The van der Waals surface area contributed by atoms with Crippen LogP contribution in [0.3, 0.4) is 0 Å². The first-order chi connectivity index (χ1) is 9.27. The monoisotopic (exact) mass is 305 g/mol. The topological polar surface area (TPSA) is 102 Å². The molecule has 2 N–H and O–H groups in total. The number of carbonyl (C=O) groups is 3. The van der Waals surface area contributed by atoms with E-state index in [1.165, 1.54) is 32.5 Å². The SMILES string of the molecule is CS[C@H]1[C@H](O)[C@H](NC(C)=O)[C@H](OC(C)=O)[C@@H]1OC(C)=O. The summed E-state index contributed by atoms with van der Waals surface area (Å²) in [5, 5.41) is 12.3. The maximum Gasteiger partial charge on any atom is 0.303 e. The number of ether oxygens (including phenoxy) is 2. The van der Waals surface area contributed by atoms with E-state index in [9.17, 15) is 19.5 Å². The van der Waals surface area contributed by atoms with E-state index in [0.29, 0.717) is 0 Å². The highest BCUT2D eigenvalue weighted by atomic mass is 32.2. The van der Waals surface area contributed by atoms with Gasteiger partial charge in [0.05, 0.1) is 17.4 Å². The summed E-state index contributed by atoms with van der Waals surface area (Å²) in [6, 6.07) is -0.807. The molecule has 0 unspecified atom stereocenters. The number of thioether (sulfide) groups is 1. The van der Waals surface area contributed by atoms with Gasteiger partial charge in [0.15, 0.2) is 12.2 Å². The van der Waals surface area contributed by atoms with E-state index in [1.54, 1.807) is 6.26 Å². The number of aliphatic hydroxyl groups is 1. The predicted octanol–water partition coefficient (Wildman–Crippen LogP) is -0.539. The van der Waals surface area contributed by atoms with Gasteiger partial charge in [-0.15, -0.1) is 0 Å². The van der Waals surface area contributed by atoms with Crippen LogP contribution < -0.4 is 5.32 Å². The van der Waals surface area contributed by atoms with E-state index in [1.807, 2.05) is 0 Å². The first-order valence-corrected chi connectivity index (χ1v) is 7.39. The van der Waals surface area contributed by atoms with Gasteiger partial charge >= 0.3 is 11.9 Å². The predicted molar refractivity (Wildman–Crippen MR) is 72.0 cm³/mol. The molecule has 1 amide bonds. The lowest BCUT2D eigenvalue weighted by atomic mass is 10.1. The number of esters is 2. The molecule has 0 aliphatic heterocycles. The summed E-state index contributed by atoms with van der Waals surface area (Å²) in [6.07, 6.45) is -0.959. The summed E-state index contributed by atoms with van der Waals surface area (Å²) >= 11 is 1.28. The highest BCUT2D eigenvalue weighted by molar-refractivity contribution is 7.99.